The number of hydrogen-bond donors (Lipinski definition) is 1. The molecule has 0 aliphatic heterocycles. The van der Waals surface area contributed by atoms with Crippen LogP contribution in [0.4, 0.5) is 10.0 Å². The van der Waals surface area contributed by atoms with E-state index in [0.717, 1.165) is 34.7 Å². The van der Waals surface area contributed by atoms with Gasteiger partial charge >= 0.3 is 5.00 Å². The third-order valence-electron chi connectivity index (χ3n) is 2.73. The first-order valence-electron chi connectivity index (χ1n) is 5.72. The van der Waals surface area contributed by atoms with Gasteiger partial charge in [0.05, 0.1) is 11.5 Å². The largest absolute Gasteiger partial charge is 0.357 e. The van der Waals surface area contributed by atoms with Crippen molar-refractivity contribution in [2.24, 2.45) is 0 Å². The summed E-state index contributed by atoms with van der Waals surface area (Å²) in [5.74, 6) is -0.0320. The number of likely N-dealkylation sites (N-methyl/N-ethyl adjacent to an activating group) is 1. The molecule has 1 fully saturated rings. The van der Waals surface area contributed by atoms with E-state index in [9.17, 15) is 14.9 Å². The van der Waals surface area contributed by atoms with E-state index in [1.165, 1.54) is 6.07 Å². The highest BCUT2D eigenvalue weighted by Gasteiger charge is 2.24. The molecule has 0 unspecified atom stereocenters. The number of carbonyl (C=O) groups is 1. The predicted molar refractivity (Wildman–Crippen MR) is 70.1 cm³/mol. The highest BCUT2D eigenvalue weighted by Crippen LogP contribution is 2.35. The zero-order valence-corrected chi connectivity index (χ0v) is 11.1. The Labute approximate surface area is 109 Å². The normalized spacial score (nSPS) is 14.3. The first-order valence-corrected chi connectivity index (χ1v) is 6.54. The maximum absolute atomic E-state index is 11.6. The summed E-state index contributed by atoms with van der Waals surface area (Å²) < 4.78 is 0. The van der Waals surface area contributed by atoms with E-state index in [0.29, 0.717) is 6.04 Å². The first-order chi connectivity index (χ1) is 8.47. The molecule has 1 saturated carbocycles. The molecule has 1 N–H and O–H groups in total. The minimum absolute atomic E-state index is 0.0320. The summed E-state index contributed by atoms with van der Waals surface area (Å²) in [5.41, 5.74) is 0.827. The number of anilines is 1. The van der Waals surface area contributed by atoms with Crippen LogP contribution in [0.1, 0.15) is 18.4 Å². The van der Waals surface area contributed by atoms with Crippen molar-refractivity contribution in [3.63, 3.8) is 0 Å². The SMILES string of the molecule is Cc1cc([N+](=O)[O-])sc1N(C)CC(=O)NC1CC1. The summed E-state index contributed by atoms with van der Waals surface area (Å²) in [6.45, 7) is 2.04. The van der Waals surface area contributed by atoms with Gasteiger partial charge in [0.2, 0.25) is 5.91 Å². The van der Waals surface area contributed by atoms with Gasteiger partial charge in [0.15, 0.2) is 0 Å². The maximum atomic E-state index is 11.6. The zero-order valence-electron chi connectivity index (χ0n) is 10.3. The second-order valence-electron chi connectivity index (χ2n) is 4.53. The molecule has 0 saturated heterocycles. The monoisotopic (exact) mass is 269 g/mol. The minimum Gasteiger partial charge on any atom is -0.357 e. The van der Waals surface area contributed by atoms with Crippen LogP contribution in [-0.4, -0.2) is 30.5 Å². The number of aryl methyl sites for hydroxylation is 1. The lowest BCUT2D eigenvalue weighted by Crippen LogP contribution is -2.36. The van der Waals surface area contributed by atoms with Gasteiger partial charge in [0, 0.05) is 19.2 Å². The van der Waals surface area contributed by atoms with Gasteiger partial charge in [0.25, 0.3) is 0 Å². The Morgan fingerprint density at radius 1 is 1.67 bits per heavy atom. The fourth-order valence-corrected chi connectivity index (χ4v) is 2.66. The van der Waals surface area contributed by atoms with Crippen molar-refractivity contribution < 1.29 is 9.72 Å². The quantitative estimate of drug-likeness (QED) is 0.652. The van der Waals surface area contributed by atoms with E-state index >= 15 is 0 Å². The number of carbonyl (C=O) groups excluding carboxylic acids is 1. The van der Waals surface area contributed by atoms with Crippen molar-refractivity contribution in [3.8, 4) is 0 Å². The molecule has 0 aromatic carbocycles. The van der Waals surface area contributed by atoms with Crippen LogP contribution < -0.4 is 10.2 Å². The molecule has 7 heteroatoms. The molecule has 98 valence electrons. The number of rotatable bonds is 5. The third kappa shape index (κ3) is 2.98. The molecule has 0 radical (unpaired) electrons. The second kappa shape index (κ2) is 4.93. The summed E-state index contributed by atoms with van der Waals surface area (Å²) in [6.07, 6.45) is 2.11. The van der Waals surface area contributed by atoms with Crippen molar-refractivity contribution in [1.82, 2.24) is 5.32 Å². The Kier molecular flexibility index (Phi) is 3.51. The van der Waals surface area contributed by atoms with Gasteiger partial charge in [-0.15, -0.1) is 0 Å². The van der Waals surface area contributed by atoms with Crippen molar-refractivity contribution in [2.75, 3.05) is 18.5 Å². The smallest absolute Gasteiger partial charge is 0.326 e. The highest BCUT2D eigenvalue weighted by atomic mass is 32.1. The second-order valence-corrected chi connectivity index (χ2v) is 5.54. The third-order valence-corrected chi connectivity index (χ3v) is 4.03. The number of nitro groups is 1. The van der Waals surface area contributed by atoms with E-state index in [4.69, 9.17) is 0 Å². The van der Waals surface area contributed by atoms with Gasteiger partial charge in [-0.1, -0.05) is 0 Å². The molecule has 1 aromatic rings. The summed E-state index contributed by atoms with van der Waals surface area (Å²) in [4.78, 5) is 23.7. The van der Waals surface area contributed by atoms with Gasteiger partial charge < -0.3 is 10.2 Å². The molecule has 2 rings (SSSR count). The van der Waals surface area contributed by atoms with Gasteiger partial charge in [-0.3, -0.25) is 14.9 Å². The maximum Gasteiger partial charge on any atom is 0.326 e. The van der Waals surface area contributed by atoms with Crippen LogP contribution >= 0.6 is 11.3 Å². The predicted octanol–water partition coefficient (Wildman–Crippen LogP) is 1.68. The molecule has 1 amide bonds. The lowest BCUT2D eigenvalue weighted by atomic mass is 10.3. The van der Waals surface area contributed by atoms with Crippen LogP contribution in [0.25, 0.3) is 0 Å². The molecule has 0 spiro atoms. The molecule has 1 aliphatic carbocycles. The molecule has 1 aliphatic rings. The van der Waals surface area contributed by atoms with E-state index in [-0.39, 0.29) is 17.5 Å². The molecule has 6 nitrogen and oxygen atoms in total. The van der Waals surface area contributed by atoms with Crippen LogP contribution in [0.15, 0.2) is 6.07 Å². The topological polar surface area (TPSA) is 75.5 Å². The number of amides is 1. The summed E-state index contributed by atoms with van der Waals surface area (Å²) in [5, 5.41) is 14.5. The average Bonchev–Trinajstić information content (AvgIpc) is 2.97. The van der Waals surface area contributed by atoms with Gasteiger partial charge in [-0.2, -0.15) is 0 Å². The molecule has 0 bridgehead atoms. The fraction of sp³-hybridized carbons (Fsp3) is 0.545. The lowest BCUT2D eigenvalue weighted by Gasteiger charge is -2.17. The lowest BCUT2D eigenvalue weighted by molar-refractivity contribution is -0.380. The average molecular weight is 269 g/mol. The Balaban J connectivity index is 2.00. The highest BCUT2D eigenvalue weighted by molar-refractivity contribution is 7.19. The number of nitrogens with one attached hydrogen (secondary N) is 1. The minimum atomic E-state index is -0.403. The van der Waals surface area contributed by atoms with Crippen molar-refractivity contribution in [2.45, 2.75) is 25.8 Å². The molecule has 18 heavy (non-hydrogen) atoms. The van der Waals surface area contributed by atoms with E-state index in [2.05, 4.69) is 5.32 Å². The van der Waals surface area contributed by atoms with Gasteiger partial charge in [-0.25, -0.2) is 0 Å². The summed E-state index contributed by atoms with van der Waals surface area (Å²) in [6, 6.07) is 1.87. The molecule has 0 atom stereocenters. The van der Waals surface area contributed by atoms with E-state index < -0.39 is 4.92 Å². The Bertz CT molecular complexity index is 482. The van der Waals surface area contributed by atoms with E-state index in [1.807, 2.05) is 6.92 Å². The van der Waals surface area contributed by atoms with Crippen molar-refractivity contribution >= 4 is 27.2 Å². The molecular formula is C11H15N3O3S. The first kappa shape index (κ1) is 12.8. The van der Waals surface area contributed by atoms with E-state index in [1.54, 1.807) is 11.9 Å². The van der Waals surface area contributed by atoms with Crippen molar-refractivity contribution in [3.05, 3.63) is 21.7 Å². The van der Waals surface area contributed by atoms with Crippen molar-refractivity contribution in [1.29, 1.82) is 0 Å². The van der Waals surface area contributed by atoms with Crippen LogP contribution in [0.2, 0.25) is 0 Å². The molecule has 1 aromatic heterocycles. The van der Waals surface area contributed by atoms with Gasteiger partial charge in [-0.05, 0) is 36.7 Å². The Hall–Kier alpha value is -1.63. The Morgan fingerprint density at radius 3 is 2.83 bits per heavy atom. The molecule has 1 heterocycles. The van der Waals surface area contributed by atoms with Gasteiger partial charge in [0.1, 0.15) is 5.00 Å². The van der Waals surface area contributed by atoms with Crippen LogP contribution in [0.3, 0.4) is 0 Å². The van der Waals surface area contributed by atoms with Crippen LogP contribution in [0.5, 0.6) is 0 Å². The number of hydrogen-bond acceptors (Lipinski definition) is 5. The fourth-order valence-electron chi connectivity index (χ4n) is 1.71. The van der Waals surface area contributed by atoms with Crippen LogP contribution in [-0.2, 0) is 4.79 Å². The van der Waals surface area contributed by atoms with Crippen LogP contribution in [0, 0.1) is 17.0 Å². The zero-order chi connectivity index (χ0) is 13.3. The summed E-state index contributed by atoms with van der Waals surface area (Å²) >= 11 is 1.10. The number of thiophene rings is 1. The molecular weight excluding hydrogens is 254 g/mol. The Morgan fingerprint density at radius 2 is 2.33 bits per heavy atom. The number of nitrogens with zero attached hydrogens (tertiary/aromatic N) is 2. The summed E-state index contributed by atoms with van der Waals surface area (Å²) in [7, 11) is 1.77. The standard InChI is InChI=1S/C11H15N3O3S/c1-7-5-10(14(16)17)18-11(7)13(2)6-9(15)12-8-3-4-8/h5,8H,3-4,6H2,1-2H3,(H,12,15).